The lowest BCUT2D eigenvalue weighted by atomic mass is 10.0. The molecule has 17 heavy (non-hydrogen) atoms. The SMILES string of the molecule is CCCCc1ccc(-c2ccccc2)cc1S. The first-order chi connectivity index (χ1) is 8.31. The van der Waals surface area contributed by atoms with Crippen LogP contribution in [-0.4, -0.2) is 0 Å². The molecule has 88 valence electrons. The van der Waals surface area contributed by atoms with Crippen molar-refractivity contribution in [3.8, 4) is 11.1 Å². The molecule has 2 aromatic carbocycles. The van der Waals surface area contributed by atoms with Crippen LogP contribution in [0.5, 0.6) is 0 Å². The van der Waals surface area contributed by atoms with Gasteiger partial charge in [-0.1, -0.05) is 55.8 Å². The third-order valence-corrected chi connectivity index (χ3v) is 3.41. The predicted octanol–water partition coefficient (Wildman–Crippen LogP) is 4.98. The van der Waals surface area contributed by atoms with Crippen LogP contribution >= 0.6 is 12.6 Å². The zero-order valence-electron chi connectivity index (χ0n) is 10.2. The van der Waals surface area contributed by atoms with Gasteiger partial charge in [-0.05, 0) is 35.6 Å². The molecule has 0 bridgehead atoms. The van der Waals surface area contributed by atoms with Gasteiger partial charge in [0.05, 0.1) is 0 Å². The largest absolute Gasteiger partial charge is 0.143 e. The molecule has 0 atom stereocenters. The van der Waals surface area contributed by atoms with E-state index in [-0.39, 0.29) is 0 Å². The summed E-state index contributed by atoms with van der Waals surface area (Å²) in [5.41, 5.74) is 3.86. The number of hydrogen-bond donors (Lipinski definition) is 1. The first-order valence-corrected chi connectivity index (χ1v) is 6.63. The van der Waals surface area contributed by atoms with Crippen molar-refractivity contribution in [2.75, 3.05) is 0 Å². The molecule has 0 radical (unpaired) electrons. The van der Waals surface area contributed by atoms with E-state index in [1.807, 2.05) is 6.07 Å². The lowest BCUT2D eigenvalue weighted by Crippen LogP contribution is -1.88. The van der Waals surface area contributed by atoms with Crippen molar-refractivity contribution in [3.63, 3.8) is 0 Å². The fourth-order valence-electron chi connectivity index (χ4n) is 1.95. The minimum Gasteiger partial charge on any atom is -0.143 e. The molecule has 0 amide bonds. The van der Waals surface area contributed by atoms with Crippen LogP contribution in [0.1, 0.15) is 25.3 Å². The number of thiol groups is 1. The maximum atomic E-state index is 4.59. The van der Waals surface area contributed by atoms with E-state index in [1.54, 1.807) is 0 Å². The third-order valence-electron chi connectivity index (χ3n) is 2.99. The molecule has 0 aliphatic rings. The maximum Gasteiger partial charge on any atom is 0.00782 e. The van der Waals surface area contributed by atoms with Crippen molar-refractivity contribution in [2.24, 2.45) is 0 Å². The Kier molecular flexibility index (Phi) is 4.27. The Morgan fingerprint density at radius 1 is 0.941 bits per heavy atom. The van der Waals surface area contributed by atoms with Crippen LogP contribution in [0, 0.1) is 0 Å². The summed E-state index contributed by atoms with van der Waals surface area (Å²) in [5, 5.41) is 0. The second-order valence-corrected chi connectivity index (χ2v) is 4.79. The van der Waals surface area contributed by atoms with Gasteiger partial charge in [-0.15, -0.1) is 12.6 Å². The summed E-state index contributed by atoms with van der Waals surface area (Å²) in [6.45, 7) is 2.22. The van der Waals surface area contributed by atoms with Gasteiger partial charge in [0.1, 0.15) is 0 Å². The Labute approximate surface area is 109 Å². The van der Waals surface area contributed by atoms with Crippen molar-refractivity contribution in [3.05, 3.63) is 54.1 Å². The zero-order chi connectivity index (χ0) is 12.1. The van der Waals surface area contributed by atoms with Crippen LogP contribution in [0.4, 0.5) is 0 Å². The molecule has 0 fully saturated rings. The lowest BCUT2D eigenvalue weighted by molar-refractivity contribution is 0.786. The van der Waals surface area contributed by atoms with Crippen LogP contribution in [0.15, 0.2) is 53.4 Å². The number of hydrogen-bond acceptors (Lipinski definition) is 1. The quantitative estimate of drug-likeness (QED) is 0.718. The van der Waals surface area contributed by atoms with Crippen LogP contribution in [0.25, 0.3) is 11.1 Å². The average molecular weight is 242 g/mol. The minimum atomic E-state index is 1.11. The van der Waals surface area contributed by atoms with Crippen LogP contribution in [0.2, 0.25) is 0 Å². The Morgan fingerprint density at radius 3 is 2.35 bits per heavy atom. The van der Waals surface area contributed by atoms with Crippen molar-refractivity contribution in [2.45, 2.75) is 31.1 Å². The standard InChI is InChI=1S/C16H18S/c1-2-3-7-14-10-11-15(12-16(14)17)13-8-5-4-6-9-13/h4-6,8-12,17H,2-3,7H2,1H3. The van der Waals surface area contributed by atoms with Gasteiger partial charge < -0.3 is 0 Å². The van der Waals surface area contributed by atoms with Crippen LogP contribution in [-0.2, 0) is 6.42 Å². The summed E-state index contributed by atoms with van der Waals surface area (Å²) in [5.74, 6) is 0. The Bertz CT molecular complexity index is 474. The predicted molar refractivity (Wildman–Crippen MR) is 77.7 cm³/mol. The van der Waals surface area contributed by atoms with E-state index in [1.165, 1.54) is 29.5 Å². The average Bonchev–Trinajstić information content (AvgIpc) is 2.38. The van der Waals surface area contributed by atoms with Crippen LogP contribution < -0.4 is 0 Å². The molecule has 0 aliphatic carbocycles. The van der Waals surface area contributed by atoms with Crippen molar-refractivity contribution in [1.29, 1.82) is 0 Å². The molecular weight excluding hydrogens is 224 g/mol. The fourth-order valence-corrected chi connectivity index (χ4v) is 2.28. The van der Waals surface area contributed by atoms with E-state index in [2.05, 4.69) is 62.0 Å². The molecule has 0 N–H and O–H groups in total. The molecule has 0 spiro atoms. The minimum absolute atomic E-state index is 1.11. The van der Waals surface area contributed by atoms with Crippen molar-refractivity contribution in [1.82, 2.24) is 0 Å². The molecule has 2 rings (SSSR count). The molecule has 0 aromatic heterocycles. The molecule has 0 heterocycles. The first kappa shape index (κ1) is 12.3. The highest BCUT2D eigenvalue weighted by Gasteiger charge is 2.02. The molecule has 0 aliphatic heterocycles. The van der Waals surface area contributed by atoms with E-state index in [4.69, 9.17) is 0 Å². The summed E-state index contributed by atoms with van der Waals surface area (Å²) in [6, 6.07) is 17.0. The molecule has 2 aromatic rings. The van der Waals surface area contributed by atoms with E-state index in [0.717, 1.165) is 11.3 Å². The molecule has 0 saturated carbocycles. The number of rotatable bonds is 4. The highest BCUT2D eigenvalue weighted by atomic mass is 32.1. The summed E-state index contributed by atoms with van der Waals surface area (Å²) in [6.07, 6.45) is 3.59. The van der Waals surface area contributed by atoms with Gasteiger partial charge in [0, 0.05) is 4.90 Å². The highest BCUT2D eigenvalue weighted by Crippen LogP contribution is 2.25. The van der Waals surface area contributed by atoms with Gasteiger partial charge in [-0.25, -0.2) is 0 Å². The molecule has 0 unspecified atom stereocenters. The van der Waals surface area contributed by atoms with Crippen molar-refractivity contribution < 1.29 is 0 Å². The summed E-state index contributed by atoms with van der Waals surface area (Å²) < 4.78 is 0. The number of aryl methyl sites for hydroxylation is 1. The zero-order valence-corrected chi connectivity index (χ0v) is 11.1. The number of benzene rings is 2. The number of unbranched alkanes of at least 4 members (excludes halogenated alkanes) is 1. The Hall–Kier alpha value is -1.21. The smallest absolute Gasteiger partial charge is 0.00782 e. The Morgan fingerprint density at radius 2 is 1.71 bits per heavy atom. The molecule has 1 heteroatoms. The van der Waals surface area contributed by atoms with Crippen molar-refractivity contribution >= 4 is 12.6 Å². The van der Waals surface area contributed by atoms with Gasteiger partial charge >= 0.3 is 0 Å². The van der Waals surface area contributed by atoms with E-state index in [9.17, 15) is 0 Å². The second-order valence-electron chi connectivity index (χ2n) is 4.31. The van der Waals surface area contributed by atoms with E-state index in [0.29, 0.717) is 0 Å². The monoisotopic (exact) mass is 242 g/mol. The summed E-state index contributed by atoms with van der Waals surface area (Å²) in [4.78, 5) is 1.11. The van der Waals surface area contributed by atoms with Crippen LogP contribution in [0.3, 0.4) is 0 Å². The van der Waals surface area contributed by atoms with Gasteiger partial charge in [0.25, 0.3) is 0 Å². The molecular formula is C16H18S. The summed E-state index contributed by atoms with van der Waals surface area (Å²) in [7, 11) is 0. The van der Waals surface area contributed by atoms with E-state index >= 15 is 0 Å². The molecule has 0 saturated heterocycles. The topological polar surface area (TPSA) is 0 Å². The first-order valence-electron chi connectivity index (χ1n) is 6.18. The third kappa shape index (κ3) is 3.13. The van der Waals surface area contributed by atoms with Gasteiger partial charge in [-0.2, -0.15) is 0 Å². The van der Waals surface area contributed by atoms with E-state index < -0.39 is 0 Å². The Balaban J connectivity index is 2.25. The lowest BCUT2D eigenvalue weighted by Gasteiger charge is -2.07. The molecule has 0 nitrogen and oxygen atoms in total. The second kappa shape index (κ2) is 5.92. The fraction of sp³-hybridized carbons (Fsp3) is 0.250. The highest BCUT2D eigenvalue weighted by molar-refractivity contribution is 7.80. The normalized spacial score (nSPS) is 10.5. The van der Waals surface area contributed by atoms with Gasteiger partial charge in [0.2, 0.25) is 0 Å². The van der Waals surface area contributed by atoms with Gasteiger partial charge in [0.15, 0.2) is 0 Å². The summed E-state index contributed by atoms with van der Waals surface area (Å²) >= 11 is 4.59. The maximum absolute atomic E-state index is 4.59. The van der Waals surface area contributed by atoms with Gasteiger partial charge in [-0.3, -0.25) is 0 Å².